The monoisotopic (exact) mass is 235 g/mol. The van der Waals surface area contributed by atoms with E-state index in [0.717, 1.165) is 17.8 Å². The minimum absolute atomic E-state index is 0.143. The van der Waals surface area contributed by atoms with E-state index in [4.69, 9.17) is 0 Å². The summed E-state index contributed by atoms with van der Waals surface area (Å²) in [6, 6.07) is 5.22. The van der Waals surface area contributed by atoms with Crippen molar-refractivity contribution in [2.75, 3.05) is 5.32 Å². The van der Waals surface area contributed by atoms with Crippen molar-refractivity contribution in [3.63, 3.8) is 0 Å². The highest BCUT2D eigenvalue weighted by Crippen LogP contribution is 2.20. The molecule has 84 valence electrons. The predicted octanol–water partition coefficient (Wildman–Crippen LogP) is 4.12. The third-order valence-corrected chi connectivity index (χ3v) is 3.42. The third-order valence-electron chi connectivity index (χ3n) is 2.56. The Morgan fingerprint density at radius 2 is 2.00 bits per heavy atom. The van der Waals surface area contributed by atoms with Crippen LogP contribution in [0.1, 0.15) is 16.7 Å². The molecule has 1 heterocycles. The third kappa shape index (κ3) is 2.42. The maximum atomic E-state index is 13.1. The van der Waals surface area contributed by atoms with Gasteiger partial charge in [-0.05, 0) is 42.0 Å². The average Bonchev–Trinajstić information content (AvgIpc) is 2.66. The van der Waals surface area contributed by atoms with Gasteiger partial charge in [-0.25, -0.2) is 4.39 Å². The second kappa shape index (κ2) is 4.66. The van der Waals surface area contributed by atoms with Gasteiger partial charge in [0.25, 0.3) is 0 Å². The van der Waals surface area contributed by atoms with Gasteiger partial charge in [-0.15, -0.1) is 11.3 Å². The van der Waals surface area contributed by atoms with Gasteiger partial charge in [0.05, 0.1) is 0 Å². The van der Waals surface area contributed by atoms with Crippen LogP contribution >= 0.6 is 11.3 Å². The molecule has 0 aliphatic heterocycles. The van der Waals surface area contributed by atoms with Crippen molar-refractivity contribution >= 4 is 17.0 Å². The molecular formula is C13H14FNS. The summed E-state index contributed by atoms with van der Waals surface area (Å²) in [4.78, 5) is 0. The molecule has 0 atom stereocenters. The molecule has 0 radical (unpaired) electrons. The van der Waals surface area contributed by atoms with E-state index in [1.165, 1.54) is 11.6 Å². The Labute approximate surface area is 98.9 Å². The normalized spacial score (nSPS) is 10.4. The molecule has 0 amide bonds. The van der Waals surface area contributed by atoms with Gasteiger partial charge in [0.1, 0.15) is 5.82 Å². The second-order valence-corrected chi connectivity index (χ2v) is 4.65. The fourth-order valence-electron chi connectivity index (χ4n) is 1.56. The van der Waals surface area contributed by atoms with E-state index in [2.05, 4.69) is 23.0 Å². The van der Waals surface area contributed by atoms with E-state index in [0.29, 0.717) is 5.56 Å². The minimum Gasteiger partial charge on any atom is -0.380 e. The van der Waals surface area contributed by atoms with Crippen LogP contribution in [0.3, 0.4) is 0 Å². The molecule has 16 heavy (non-hydrogen) atoms. The number of halogens is 1. The largest absolute Gasteiger partial charge is 0.380 e. The predicted molar refractivity (Wildman–Crippen MR) is 67.5 cm³/mol. The summed E-state index contributed by atoms with van der Waals surface area (Å²) in [5, 5.41) is 7.54. The highest BCUT2D eigenvalue weighted by molar-refractivity contribution is 7.08. The molecule has 0 saturated carbocycles. The molecule has 2 rings (SSSR count). The topological polar surface area (TPSA) is 12.0 Å². The van der Waals surface area contributed by atoms with Crippen LogP contribution in [0.5, 0.6) is 0 Å². The van der Waals surface area contributed by atoms with Crippen molar-refractivity contribution in [1.82, 2.24) is 0 Å². The van der Waals surface area contributed by atoms with Gasteiger partial charge in [-0.2, -0.15) is 0 Å². The van der Waals surface area contributed by atoms with Crippen LogP contribution in [0, 0.1) is 19.7 Å². The van der Waals surface area contributed by atoms with Crippen LogP contribution in [0.4, 0.5) is 10.1 Å². The van der Waals surface area contributed by atoms with Crippen molar-refractivity contribution < 1.29 is 4.39 Å². The number of hydrogen-bond acceptors (Lipinski definition) is 2. The molecule has 3 heteroatoms. The lowest BCUT2D eigenvalue weighted by Gasteiger charge is -2.07. The van der Waals surface area contributed by atoms with Crippen LogP contribution in [0.2, 0.25) is 0 Å². The lowest BCUT2D eigenvalue weighted by atomic mass is 10.1. The number of hydrogen-bond donors (Lipinski definition) is 1. The summed E-state index contributed by atoms with van der Waals surface area (Å²) in [6.07, 6.45) is 0. The fourth-order valence-corrected chi connectivity index (χ4v) is 2.36. The molecule has 0 saturated heterocycles. The Kier molecular flexibility index (Phi) is 3.25. The number of anilines is 1. The highest BCUT2D eigenvalue weighted by Gasteiger charge is 2.01. The zero-order chi connectivity index (χ0) is 11.5. The zero-order valence-corrected chi connectivity index (χ0v) is 10.2. The maximum absolute atomic E-state index is 13.1. The first kappa shape index (κ1) is 11.1. The Balaban J connectivity index is 2.05. The lowest BCUT2D eigenvalue weighted by Crippen LogP contribution is -2.00. The molecule has 0 unspecified atom stereocenters. The first-order chi connectivity index (χ1) is 7.66. The maximum Gasteiger partial charge on any atom is 0.126 e. The van der Waals surface area contributed by atoms with Crippen LogP contribution in [-0.2, 0) is 6.54 Å². The molecule has 0 spiro atoms. The summed E-state index contributed by atoms with van der Waals surface area (Å²) in [7, 11) is 0. The number of benzene rings is 1. The second-order valence-electron chi connectivity index (χ2n) is 3.91. The van der Waals surface area contributed by atoms with Gasteiger partial charge in [-0.1, -0.05) is 12.1 Å². The molecular weight excluding hydrogens is 221 g/mol. The molecule has 0 bridgehead atoms. The van der Waals surface area contributed by atoms with E-state index in [-0.39, 0.29) is 5.82 Å². The Morgan fingerprint density at radius 3 is 2.62 bits per heavy atom. The average molecular weight is 235 g/mol. The van der Waals surface area contributed by atoms with Crippen molar-refractivity contribution in [2.24, 2.45) is 0 Å². The van der Waals surface area contributed by atoms with E-state index in [9.17, 15) is 4.39 Å². The summed E-state index contributed by atoms with van der Waals surface area (Å²) in [5.74, 6) is -0.143. The van der Waals surface area contributed by atoms with Crippen LogP contribution < -0.4 is 5.32 Å². The van der Waals surface area contributed by atoms with Crippen molar-refractivity contribution in [3.8, 4) is 0 Å². The molecule has 0 aliphatic carbocycles. The number of thiophene rings is 1. The molecule has 0 aliphatic rings. The Hall–Kier alpha value is -1.35. The van der Waals surface area contributed by atoms with Gasteiger partial charge in [0.15, 0.2) is 0 Å². The summed E-state index contributed by atoms with van der Waals surface area (Å²) >= 11 is 1.68. The Bertz CT molecular complexity index is 490. The molecule has 1 nitrogen and oxygen atoms in total. The summed E-state index contributed by atoms with van der Waals surface area (Å²) < 4.78 is 13.1. The number of aryl methyl sites for hydroxylation is 2. The van der Waals surface area contributed by atoms with Crippen LogP contribution in [0.25, 0.3) is 0 Å². The Morgan fingerprint density at radius 1 is 1.19 bits per heavy atom. The highest BCUT2D eigenvalue weighted by atomic mass is 32.1. The molecule has 2 aromatic rings. The first-order valence-electron chi connectivity index (χ1n) is 5.18. The van der Waals surface area contributed by atoms with Crippen molar-refractivity contribution in [2.45, 2.75) is 20.4 Å². The molecule has 1 aromatic carbocycles. The van der Waals surface area contributed by atoms with Gasteiger partial charge in [0, 0.05) is 17.6 Å². The quantitative estimate of drug-likeness (QED) is 0.844. The fraction of sp³-hybridized carbons (Fsp3) is 0.231. The van der Waals surface area contributed by atoms with Gasteiger partial charge >= 0.3 is 0 Å². The van der Waals surface area contributed by atoms with Gasteiger partial charge < -0.3 is 5.32 Å². The van der Waals surface area contributed by atoms with E-state index >= 15 is 0 Å². The number of nitrogens with one attached hydrogen (secondary N) is 1. The molecule has 1 aromatic heterocycles. The van der Waals surface area contributed by atoms with E-state index in [1.807, 2.05) is 12.1 Å². The SMILES string of the molecule is Cc1cc(CNc2cscc2C)ccc1F. The van der Waals surface area contributed by atoms with E-state index in [1.54, 1.807) is 18.3 Å². The van der Waals surface area contributed by atoms with Gasteiger partial charge in [0.2, 0.25) is 0 Å². The minimum atomic E-state index is -0.143. The zero-order valence-electron chi connectivity index (χ0n) is 9.38. The van der Waals surface area contributed by atoms with Crippen LogP contribution in [-0.4, -0.2) is 0 Å². The first-order valence-corrected chi connectivity index (χ1v) is 6.13. The molecule has 0 fully saturated rings. The van der Waals surface area contributed by atoms with Crippen molar-refractivity contribution in [3.05, 3.63) is 51.5 Å². The molecule has 1 N–H and O–H groups in total. The standard InChI is InChI=1S/C13H14FNS/c1-9-5-11(3-4-12(9)14)6-15-13-8-16-7-10(13)2/h3-5,7-8,15H,6H2,1-2H3. The van der Waals surface area contributed by atoms with Gasteiger partial charge in [-0.3, -0.25) is 0 Å². The smallest absolute Gasteiger partial charge is 0.126 e. The summed E-state index contributed by atoms with van der Waals surface area (Å²) in [6.45, 7) is 4.60. The van der Waals surface area contributed by atoms with Crippen molar-refractivity contribution in [1.29, 1.82) is 0 Å². The van der Waals surface area contributed by atoms with E-state index < -0.39 is 0 Å². The summed E-state index contributed by atoms with van der Waals surface area (Å²) in [5.41, 5.74) is 4.21. The van der Waals surface area contributed by atoms with Crippen LogP contribution in [0.15, 0.2) is 29.0 Å². The lowest BCUT2D eigenvalue weighted by molar-refractivity contribution is 0.617. The number of rotatable bonds is 3.